The number of carbonyl (C=O) groups excluding carboxylic acids is 2. The molecule has 2 fully saturated rings. The van der Waals surface area contributed by atoms with E-state index in [-0.39, 0.29) is 23.2 Å². The second-order valence-electron chi connectivity index (χ2n) is 8.36. The lowest BCUT2D eigenvalue weighted by molar-refractivity contribution is -0.154. The number of aldehydes is 1. The minimum absolute atomic E-state index is 0.0442. The van der Waals surface area contributed by atoms with Crippen molar-refractivity contribution in [3.8, 4) is 5.75 Å². The molecular formula is C21H26O4. The Hall–Kier alpha value is -1.84. The molecule has 4 nitrogen and oxygen atoms in total. The van der Waals surface area contributed by atoms with Crippen LogP contribution < -0.4 is 0 Å². The average Bonchev–Trinajstić information content (AvgIpc) is 2.90. The quantitative estimate of drug-likeness (QED) is 0.652. The monoisotopic (exact) mass is 342 g/mol. The van der Waals surface area contributed by atoms with E-state index >= 15 is 0 Å². The van der Waals surface area contributed by atoms with Gasteiger partial charge in [0.05, 0.1) is 5.56 Å². The number of esters is 1. The van der Waals surface area contributed by atoms with Gasteiger partial charge in [-0.15, -0.1) is 0 Å². The third-order valence-corrected chi connectivity index (χ3v) is 7.22. The first-order valence-corrected chi connectivity index (χ1v) is 9.42. The third-order valence-electron chi connectivity index (χ3n) is 7.22. The first kappa shape index (κ1) is 16.6. The van der Waals surface area contributed by atoms with Gasteiger partial charge in [0.1, 0.15) is 11.9 Å². The van der Waals surface area contributed by atoms with Gasteiger partial charge in [-0.1, -0.05) is 6.92 Å². The predicted octanol–water partition coefficient (Wildman–Crippen LogP) is 3.99. The van der Waals surface area contributed by atoms with E-state index in [0.717, 1.165) is 44.8 Å². The zero-order valence-electron chi connectivity index (χ0n) is 15.0. The molecule has 1 aromatic carbocycles. The highest BCUT2D eigenvalue weighted by Gasteiger charge is 2.56. The molecule has 0 saturated heterocycles. The van der Waals surface area contributed by atoms with Crippen LogP contribution in [0.5, 0.6) is 5.75 Å². The Morgan fingerprint density at radius 1 is 1.28 bits per heavy atom. The van der Waals surface area contributed by atoms with Crippen LogP contribution in [-0.2, 0) is 16.0 Å². The van der Waals surface area contributed by atoms with Gasteiger partial charge in [-0.3, -0.25) is 9.59 Å². The standard InChI is InChI=1S/C21H26O4/c1-12(23)25-20-6-5-18-16-4-3-13-10-19(24)14(11-22)9-17(13)15(16)7-8-21(18,20)2/h9-11,15-16,18,20,24H,3-8H2,1-2H3/t15-,16+,18-,20-,21-/m0/s1. The lowest BCUT2D eigenvalue weighted by atomic mass is 9.55. The predicted molar refractivity (Wildman–Crippen MR) is 93.7 cm³/mol. The number of fused-ring (bicyclic) bond motifs is 5. The van der Waals surface area contributed by atoms with Crippen LogP contribution >= 0.6 is 0 Å². The van der Waals surface area contributed by atoms with Gasteiger partial charge in [0.25, 0.3) is 0 Å². The number of aromatic hydroxyl groups is 1. The lowest BCUT2D eigenvalue weighted by Gasteiger charge is -2.50. The summed E-state index contributed by atoms with van der Waals surface area (Å²) in [7, 11) is 0. The van der Waals surface area contributed by atoms with Crippen LogP contribution in [0, 0.1) is 17.3 Å². The van der Waals surface area contributed by atoms with Crippen molar-refractivity contribution in [2.75, 3.05) is 0 Å². The van der Waals surface area contributed by atoms with Gasteiger partial charge in [-0.2, -0.15) is 0 Å². The van der Waals surface area contributed by atoms with Crippen molar-refractivity contribution in [2.24, 2.45) is 17.3 Å². The van der Waals surface area contributed by atoms with Crippen LogP contribution in [-0.4, -0.2) is 23.5 Å². The maximum absolute atomic E-state index is 11.5. The van der Waals surface area contributed by atoms with E-state index in [9.17, 15) is 14.7 Å². The Labute approximate surface area is 148 Å². The number of phenolic OH excluding ortho intramolecular Hbond substituents is 1. The molecule has 4 heteroatoms. The number of benzene rings is 1. The molecule has 0 unspecified atom stereocenters. The highest BCUT2D eigenvalue weighted by atomic mass is 16.5. The van der Waals surface area contributed by atoms with E-state index in [1.165, 1.54) is 18.1 Å². The van der Waals surface area contributed by atoms with Crippen molar-refractivity contribution in [1.82, 2.24) is 0 Å². The fraction of sp³-hybridized carbons (Fsp3) is 0.619. The zero-order chi connectivity index (χ0) is 17.8. The highest BCUT2D eigenvalue weighted by Crippen LogP contribution is 2.61. The van der Waals surface area contributed by atoms with Crippen molar-refractivity contribution in [3.63, 3.8) is 0 Å². The van der Waals surface area contributed by atoms with E-state index < -0.39 is 0 Å². The van der Waals surface area contributed by atoms with Gasteiger partial charge in [0.2, 0.25) is 0 Å². The topological polar surface area (TPSA) is 63.6 Å². The van der Waals surface area contributed by atoms with E-state index in [2.05, 4.69) is 6.92 Å². The van der Waals surface area contributed by atoms with Crippen molar-refractivity contribution in [2.45, 2.75) is 64.4 Å². The average molecular weight is 342 g/mol. The summed E-state index contributed by atoms with van der Waals surface area (Å²) < 4.78 is 5.67. The maximum Gasteiger partial charge on any atom is 0.302 e. The van der Waals surface area contributed by atoms with Gasteiger partial charge in [-0.05, 0) is 79.5 Å². The first-order chi connectivity index (χ1) is 11.9. The van der Waals surface area contributed by atoms with E-state index in [4.69, 9.17) is 4.74 Å². The number of phenols is 1. The molecule has 1 N–H and O–H groups in total. The Balaban J connectivity index is 1.66. The Morgan fingerprint density at radius 2 is 2.08 bits per heavy atom. The summed E-state index contributed by atoms with van der Waals surface area (Å²) in [6, 6.07) is 3.70. The van der Waals surface area contributed by atoms with Crippen molar-refractivity contribution in [1.29, 1.82) is 0 Å². The Bertz CT molecular complexity index is 725. The van der Waals surface area contributed by atoms with E-state index in [1.807, 2.05) is 6.07 Å². The molecule has 0 aliphatic heterocycles. The molecule has 0 spiro atoms. The minimum Gasteiger partial charge on any atom is -0.507 e. The summed E-state index contributed by atoms with van der Waals surface area (Å²) in [5, 5.41) is 9.99. The molecule has 0 heterocycles. The molecule has 3 aliphatic carbocycles. The van der Waals surface area contributed by atoms with Gasteiger partial charge in [0, 0.05) is 12.3 Å². The summed E-state index contributed by atoms with van der Waals surface area (Å²) in [6.07, 6.45) is 7.05. The fourth-order valence-corrected chi connectivity index (χ4v) is 6.07. The molecule has 4 rings (SSSR count). The summed E-state index contributed by atoms with van der Waals surface area (Å²) in [4.78, 5) is 22.7. The van der Waals surface area contributed by atoms with Crippen LogP contribution in [0.25, 0.3) is 0 Å². The molecule has 5 atom stereocenters. The summed E-state index contributed by atoms with van der Waals surface area (Å²) in [5.41, 5.74) is 2.93. The minimum atomic E-state index is -0.172. The van der Waals surface area contributed by atoms with Gasteiger partial charge < -0.3 is 9.84 Å². The number of rotatable bonds is 2. The number of ether oxygens (including phenoxy) is 1. The SMILES string of the molecule is CC(=O)O[C@H]1CC[C@H]2[C@@H]3CCc4cc(O)c(C=O)cc4[C@H]3CC[C@]12C. The molecule has 2 saturated carbocycles. The van der Waals surface area contributed by atoms with Crippen molar-refractivity contribution in [3.05, 3.63) is 28.8 Å². The molecule has 3 aliphatic rings. The number of carbonyl (C=O) groups is 2. The number of hydrogen-bond donors (Lipinski definition) is 1. The lowest BCUT2D eigenvalue weighted by Crippen LogP contribution is -2.45. The Kier molecular flexibility index (Phi) is 3.89. The van der Waals surface area contributed by atoms with E-state index in [0.29, 0.717) is 23.3 Å². The molecule has 0 aromatic heterocycles. The van der Waals surface area contributed by atoms with Crippen LogP contribution in [0.2, 0.25) is 0 Å². The second-order valence-corrected chi connectivity index (χ2v) is 8.36. The van der Waals surface area contributed by atoms with E-state index in [1.54, 1.807) is 6.07 Å². The van der Waals surface area contributed by atoms with Gasteiger partial charge >= 0.3 is 5.97 Å². The van der Waals surface area contributed by atoms with Gasteiger partial charge in [-0.25, -0.2) is 0 Å². The smallest absolute Gasteiger partial charge is 0.302 e. The molecule has 134 valence electrons. The normalized spacial score (nSPS) is 36.1. The highest BCUT2D eigenvalue weighted by molar-refractivity contribution is 5.80. The summed E-state index contributed by atoms with van der Waals surface area (Å²) in [6.45, 7) is 3.81. The summed E-state index contributed by atoms with van der Waals surface area (Å²) >= 11 is 0. The van der Waals surface area contributed by atoms with Crippen LogP contribution in [0.15, 0.2) is 12.1 Å². The molecular weight excluding hydrogens is 316 g/mol. The maximum atomic E-state index is 11.5. The molecule has 0 radical (unpaired) electrons. The molecule has 0 bridgehead atoms. The number of hydrogen-bond acceptors (Lipinski definition) is 4. The largest absolute Gasteiger partial charge is 0.507 e. The summed E-state index contributed by atoms with van der Waals surface area (Å²) in [5.74, 6) is 1.53. The molecule has 1 aromatic rings. The Morgan fingerprint density at radius 3 is 2.80 bits per heavy atom. The molecule has 25 heavy (non-hydrogen) atoms. The van der Waals surface area contributed by atoms with Crippen molar-refractivity contribution >= 4 is 12.3 Å². The van der Waals surface area contributed by atoms with Crippen molar-refractivity contribution < 1.29 is 19.4 Å². The second kappa shape index (κ2) is 5.86. The fourth-order valence-electron chi connectivity index (χ4n) is 6.07. The van der Waals surface area contributed by atoms with Crippen LogP contribution in [0.1, 0.15) is 73.4 Å². The third kappa shape index (κ3) is 2.49. The molecule has 0 amide bonds. The van der Waals surface area contributed by atoms with Gasteiger partial charge in [0.15, 0.2) is 6.29 Å². The first-order valence-electron chi connectivity index (χ1n) is 9.42. The van der Waals surface area contributed by atoms with Crippen LogP contribution in [0.3, 0.4) is 0 Å². The zero-order valence-corrected chi connectivity index (χ0v) is 15.0. The van der Waals surface area contributed by atoms with Crippen LogP contribution in [0.4, 0.5) is 0 Å². The number of aryl methyl sites for hydroxylation is 1.